The molecule has 0 aliphatic rings. The highest BCUT2D eigenvalue weighted by Crippen LogP contribution is 2.29. The summed E-state index contributed by atoms with van der Waals surface area (Å²) in [5.41, 5.74) is 3.08. The number of aryl methyl sites for hydroxylation is 1. The molecule has 0 bridgehead atoms. The summed E-state index contributed by atoms with van der Waals surface area (Å²) in [5, 5.41) is 8.95. The first kappa shape index (κ1) is 20.8. The van der Waals surface area contributed by atoms with Crippen LogP contribution in [-0.2, 0) is 0 Å². The van der Waals surface area contributed by atoms with Crippen LogP contribution in [0.5, 0.6) is 11.5 Å². The largest absolute Gasteiger partial charge is 0.490 e. The van der Waals surface area contributed by atoms with Gasteiger partial charge in [0.15, 0.2) is 11.5 Å². The van der Waals surface area contributed by atoms with Crippen LogP contribution in [0.3, 0.4) is 0 Å². The van der Waals surface area contributed by atoms with Crippen molar-refractivity contribution in [3.05, 3.63) is 89.0 Å². The Labute approximate surface area is 174 Å². The summed E-state index contributed by atoms with van der Waals surface area (Å²) < 4.78 is 11.1. The lowest BCUT2D eigenvalue weighted by Crippen LogP contribution is -2.09. The first-order valence-corrected chi connectivity index (χ1v) is 9.39. The zero-order valence-electron chi connectivity index (χ0n) is 16.7. The number of esters is 1. The lowest BCUT2D eigenvalue weighted by atomic mass is 10.1. The maximum absolute atomic E-state index is 12.4. The predicted molar refractivity (Wildman–Crippen MR) is 114 cm³/mol. The summed E-state index contributed by atoms with van der Waals surface area (Å²) in [6.07, 6.45) is 1.63. The van der Waals surface area contributed by atoms with E-state index in [0.29, 0.717) is 29.4 Å². The van der Waals surface area contributed by atoms with Crippen LogP contribution in [0.2, 0.25) is 0 Å². The van der Waals surface area contributed by atoms with E-state index >= 15 is 0 Å². The third-order valence-electron chi connectivity index (χ3n) is 4.23. The number of benzene rings is 3. The minimum absolute atomic E-state index is 0.201. The Balaban J connectivity index is 1.77. The van der Waals surface area contributed by atoms with Crippen LogP contribution >= 0.6 is 0 Å². The standard InChI is InChI=1S/C24H21NO5/c1-3-29-22-14-17(15-25-20-11-9-18(10-12-20)23(26)27)6-13-21(22)30-24(28)19-7-4-16(2)5-8-19/h4-15H,3H2,1-2H3,(H,26,27). The lowest BCUT2D eigenvalue weighted by Gasteiger charge is -2.11. The van der Waals surface area contributed by atoms with E-state index in [1.54, 1.807) is 48.7 Å². The lowest BCUT2D eigenvalue weighted by molar-refractivity contribution is 0.0694. The van der Waals surface area contributed by atoms with Crippen molar-refractivity contribution in [2.75, 3.05) is 6.61 Å². The molecule has 0 aliphatic carbocycles. The van der Waals surface area contributed by atoms with Crippen LogP contribution in [0.15, 0.2) is 71.7 Å². The fourth-order valence-corrected chi connectivity index (χ4v) is 2.65. The second-order valence-electron chi connectivity index (χ2n) is 6.50. The molecule has 3 aromatic rings. The van der Waals surface area contributed by atoms with E-state index in [1.807, 2.05) is 26.0 Å². The highest BCUT2D eigenvalue weighted by atomic mass is 16.6. The van der Waals surface area contributed by atoms with Gasteiger partial charge in [0.1, 0.15) is 0 Å². The summed E-state index contributed by atoms with van der Waals surface area (Å²) in [6, 6.07) is 18.5. The third-order valence-corrected chi connectivity index (χ3v) is 4.23. The van der Waals surface area contributed by atoms with Crippen molar-refractivity contribution in [3.8, 4) is 11.5 Å². The molecule has 30 heavy (non-hydrogen) atoms. The van der Waals surface area contributed by atoms with Crippen molar-refractivity contribution >= 4 is 23.8 Å². The van der Waals surface area contributed by atoms with Gasteiger partial charge >= 0.3 is 11.9 Å². The number of carbonyl (C=O) groups is 2. The second-order valence-corrected chi connectivity index (χ2v) is 6.50. The quantitative estimate of drug-likeness (QED) is 0.338. The summed E-state index contributed by atoms with van der Waals surface area (Å²) in [4.78, 5) is 27.7. The number of hydrogen-bond donors (Lipinski definition) is 1. The first-order chi connectivity index (χ1) is 14.5. The smallest absolute Gasteiger partial charge is 0.343 e. The van der Waals surface area contributed by atoms with Gasteiger partial charge in [0, 0.05) is 6.21 Å². The van der Waals surface area contributed by atoms with Gasteiger partial charge in [-0.25, -0.2) is 9.59 Å². The van der Waals surface area contributed by atoms with E-state index in [0.717, 1.165) is 11.1 Å². The molecule has 0 saturated heterocycles. The number of ether oxygens (including phenoxy) is 2. The van der Waals surface area contributed by atoms with Crippen molar-refractivity contribution in [3.63, 3.8) is 0 Å². The molecule has 3 rings (SSSR count). The van der Waals surface area contributed by atoms with Crippen LogP contribution in [-0.4, -0.2) is 29.9 Å². The van der Waals surface area contributed by atoms with Crippen molar-refractivity contribution < 1.29 is 24.2 Å². The molecular formula is C24H21NO5. The van der Waals surface area contributed by atoms with E-state index in [4.69, 9.17) is 14.6 Å². The average Bonchev–Trinajstić information content (AvgIpc) is 2.74. The van der Waals surface area contributed by atoms with E-state index < -0.39 is 11.9 Å². The molecule has 0 atom stereocenters. The Hall–Kier alpha value is -3.93. The van der Waals surface area contributed by atoms with Gasteiger partial charge in [0.2, 0.25) is 0 Å². The van der Waals surface area contributed by atoms with Gasteiger partial charge < -0.3 is 14.6 Å². The minimum atomic E-state index is -0.984. The highest BCUT2D eigenvalue weighted by molar-refractivity contribution is 5.92. The molecule has 0 heterocycles. The van der Waals surface area contributed by atoms with Crippen LogP contribution < -0.4 is 9.47 Å². The predicted octanol–water partition coefficient (Wildman–Crippen LogP) is 5.06. The van der Waals surface area contributed by atoms with Crippen molar-refractivity contribution in [2.45, 2.75) is 13.8 Å². The third kappa shape index (κ3) is 5.32. The Bertz CT molecular complexity index is 1070. The van der Waals surface area contributed by atoms with Crippen LogP contribution in [0.4, 0.5) is 5.69 Å². The van der Waals surface area contributed by atoms with E-state index in [-0.39, 0.29) is 5.56 Å². The number of carboxylic acids is 1. The maximum Gasteiger partial charge on any atom is 0.343 e. The van der Waals surface area contributed by atoms with Crippen molar-refractivity contribution in [1.82, 2.24) is 0 Å². The molecule has 6 nitrogen and oxygen atoms in total. The summed E-state index contributed by atoms with van der Waals surface area (Å²) in [5.74, 6) is -0.688. The van der Waals surface area contributed by atoms with Gasteiger partial charge in [-0.05, 0) is 74.0 Å². The topological polar surface area (TPSA) is 85.2 Å². The Morgan fingerprint density at radius 3 is 2.23 bits per heavy atom. The fraction of sp³-hybridized carbons (Fsp3) is 0.125. The molecule has 0 radical (unpaired) electrons. The number of carbonyl (C=O) groups excluding carboxylic acids is 1. The molecule has 6 heteroatoms. The molecule has 0 unspecified atom stereocenters. The Morgan fingerprint density at radius 2 is 1.60 bits per heavy atom. The summed E-state index contributed by atoms with van der Waals surface area (Å²) in [6.45, 7) is 4.20. The molecule has 152 valence electrons. The molecule has 3 aromatic carbocycles. The number of hydrogen-bond acceptors (Lipinski definition) is 5. The molecule has 0 aromatic heterocycles. The first-order valence-electron chi connectivity index (χ1n) is 9.39. The van der Waals surface area contributed by atoms with Crippen LogP contribution in [0.1, 0.15) is 38.8 Å². The molecule has 0 saturated carbocycles. The summed E-state index contributed by atoms with van der Waals surface area (Å²) >= 11 is 0. The SMILES string of the molecule is CCOc1cc(C=Nc2ccc(C(=O)O)cc2)ccc1OC(=O)c1ccc(C)cc1. The molecule has 0 aliphatic heterocycles. The van der Waals surface area contributed by atoms with Gasteiger partial charge in [0.25, 0.3) is 0 Å². The number of carboxylic acid groups (broad SMARTS) is 1. The molecule has 0 spiro atoms. The molecule has 0 amide bonds. The number of aliphatic imine (C=N–C) groups is 1. The second kappa shape index (κ2) is 9.52. The van der Waals surface area contributed by atoms with Gasteiger partial charge in [-0.2, -0.15) is 0 Å². The number of nitrogens with zero attached hydrogens (tertiary/aromatic N) is 1. The van der Waals surface area contributed by atoms with Crippen molar-refractivity contribution in [2.24, 2.45) is 4.99 Å². The van der Waals surface area contributed by atoms with E-state index in [1.165, 1.54) is 12.1 Å². The summed E-state index contributed by atoms with van der Waals surface area (Å²) in [7, 11) is 0. The van der Waals surface area contributed by atoms with Gasteiger partial charge in [0.05, 0.1) is 23.4 Å². The monoisotopic (exact) mass is 403 g/mol. The minimum Gasteiger partial charge on any atom is -0.490 e. The van der Waals surface area contributed by atoms with Crippen molar-refractivity contribution in [1.29, 1.82) is 0 Å². The average molecular weight is 403 g/mol. The zero-order valence-corrected chi connectivity index (χ0v) is 16.7. The van der Waals surface area contributed by atoms with Crippen LogP contribution in [0.25, 0.3) is 0 Å². The molecule has 0 fully saturated rings. The van der Waals surface area contributed by atoms with Gasteiger partial charge in [-0.1, -0.05) is 17.7 Å². The Kier molecular flexibility index (Phi) is 6.60. The number of aromatic carboxylic acids is 1. The molecule has 1 N–H and O–H groups in total. The van der Waals surface area contributed by atoms with Gasteiger partial charge in [-0.15, -0.1) is 0 Å². The zero-order chi connectivity index (χ0) is 21.5. The van der Waals surface area contributed by atoms with E-state index in [9.17, 15) is 9.59 Å². The van der Waals surface area contributed by atoms with Gasteiger partial charge in [-0.3, -0.25) is 4.99 Å². The fourth-order valence-electron chi connectivity index (χ4n) is 2.65. The van der Waals surface area contributed by atoms with Crippen LogP contribution in [0, 0.1) is 6.92 Å². The number of rotatable bonds is 7. The normalized spacial score (nSPS) is 10.7. The molecular weight excluding hydrogens is 382 g/mol. The highest BCUT2D eigenvalue weighted by Gasteiger charge is 2.13. The van der Waals surface area contributed by atoms with E-state index in [2.05, 4.69) is 4.99 Å². The maximum atomic E-state index is 12.4. The Morgan fingerprint density at radius 1 is 0.933 bits per heavy atom.